The van der Waals surface area contributed by atoms with Crippen LogP contribution in [0.2, 0.25) is 0 Å². The molecule has 3 fully saturated rings. The van der Waals surface area contributed by atoms with Crippen molar-refractivity contribution in [3.05, 3.63) is 109 Å². The number of aromatic hydroxyl groups is 1. The maximum absolute atomic E-state index is 13.8. The Bertz CT molecular complexity index is 2270. The molecule has 1 saturated carbocycles. The summed E-state index contributed by atoms with van der Waals surface area (Å²) < 4.78 is 14.5. The fourth-order valence-corrected chi connectivity index (χ4v) is 10.0. The standard InChI is InChI=1S/C38H38N6O6S2/c45-30-10-7-25(26-8-11-34(47)40-35(26)30)31(46)20-39-19-22-6-9-29-28(16-22)41-42-44(29)13-3-12-43-21-23-17-24(43)18-32(23)49-37(48)38(33-5-2-14-51-33)27-4-1-15-52-36(27)50-38/h1-2,4-11,14-16,23-24,31-32,36,39,45-46H,3,12-13,17-21H2,(H,40,47)/t23?,24?,31-,32?,36?,38?/m0/s1. The van der Waals surface area contributed by atoms with Crippen LogP contribution in [0, 0.1) is 5.92 Å². The molecule has 14 heteroatoms. The van der Waals surface area contributed by atoms with E-state index in [4.69, 9.17) is 9.47 Å². The van der Waals surface area contributed by atoms with E-state index in [1.807, 2.05) is 58.0 Å². The van der Waals surface area contributed by atoms with E-state index >= 15 is 0 Å². The molecule has 1 aliphatic carbocycles. The number of nitrogens with zero attached hydrogens (tertiary/aromatic N) is 4. The highest BCUT2D eigenvalue weighted by Crippen LogP contribution is 2.55. The van der Waals surface area contributed by atoms with Crippen LogP contribution >= 0.6 is 23.1 Å². The number of aliphatic hydroxyl groups is 1. The van der Waals surface area contributed by atoms with E-state index in [1.165, 1.54) is 23.5 Å². The van der Waals surface area contributed by atoms with Gasteiger partial charge in [-0.3, -0.25) is 9.69 Å². The van der Waals surface area contributed by atoms with Crippen molar-refractivity contribution < 1.29 is 24.5 Å². The number of thioether (sulfide) groups is 1. The fourth-order valence-electron chi connectivity index (χ4n) is 8.27. The Balaban J connectivity index is 0.759. The molecule has 2 saturated heterocycles. The van der Waals surface area contributed by atoms with Crippen molar-refractivity contribution in [2.24, 2.45) is 5.92 Å². The number of carbonyl (C=O) groups is 1. The number of H-pyrrole nitrogens is 1. The first-order valence-corrected chi connectivity index (χ1v) is 19.4. The average Bonchev–Trinajstić information content (AvgIpc) is 3.96. The Morgan fingerprint density at radius 1 is 1.17 bits per heavy atom. The lowest BCUT2D eigenvalue weighted by Crippen LogP contribution is -2.56. The summed E-state index contributed by atoms with van der Waals surface area (Å²) in [5, 5.41) is 37.8. The third kappa shape index (κ3) is 5.87. The zero-order valence-electron chi connectivity index (χ0n) is 28.2. The van der Waals surface area contributed by atoms with Crippen molar-refractivity contribution in [2.75, 3.05) is 19.6 Å². The lowest BCUT2D eigenvalue weighted by atomic mass is 9.85. The monoisotopic (exact) mass is 738 g/mol. The molecule has 6 heterocycles. The number of hydrogen-bond donors (Lipinski definition) is 4. The number of esters is 1. The lowest BCUT2D eigenvalue weighted by molar-refractivity contribution is -0.193. The van der Waals surface area contributed by atoms with Gasteiger partial charge in [0.2, 0.25) is 11.2 Å². The number of piperidine rings is 1. The zero-order valence-corrected chi connectivity index (χ0v) is 29.8. The number of carbonyl (C=O) groups excluding carboxylic acids is 1. The van der Waals surface area contributed by atoms with Gasteiger partial charge in [-0.1, -0.05) is 47.3 Å². The molecule has 2 bridgehead atoms. The number of ether oxygens (including phenoxy) is 2. The van der Waals surface area contributed by atoms with Crippen molar-refractivity contribution in [2.45, 2.75) is 61.6 Å². The van der Waals surface area contributed by atoms with Gasteiger partial charge >= 0.3 is 5.97 Å². The largest absolute Gasteiger partial charge is 0.506 e. The van der Waals surface area contributed by atoms with Gasteiger partial charge in [-0.15, -0.1) is 16.4 Å². The Kier molecular flexibility index (Phi) is 8.76. The van der Waals surface area contributed by atoms with Crippen molar-refractivity contribution in [1.29, 1.82) is 0 Å². The number of allylic oxidation sites excluding steroid dienone is 2. The third-order valence-electron chi connectivity index (χ3n) is 10.8. The summed E-state index contributed by atoms with van der Waals surface area (Å²) >= 11 is 3.11. The second-order valence-electron chi connectivity index (χ2n) is 13.9. The maximum Gasteiger partial charge on any atom is 0.348 e. The smallest absolute Gasteiger partial charge is 0.348 e. The van der Waals surface area contributed by atoms with Gasteiger partial charge in [-0.25, -0.2) is 9.48 Å². The number of rotatable bonds is 12. The summed E-state index contributed by atoms with van der Waals surface area (Å²) in [6.07, 6.45) is 5.88. The van der Waals surface area contributed by atoms with Crippen LogP contribution in [-0.2, 0) is 33.0 Å². The number of fused-ring (bicyclic) bond motifs is 5. The molecule has 5 unspecified atom stereocenters. The number of aromatic nitrogens is 4. The van der Waals surface area contributed by atoms with Gasteiger partial charge in [0.05, 0.1) is 22.0 Å². The summed E-state index contributed by atoms with van der Waals surface area (Å²) in [4.78, 5) is 31.5. The molecule has 0 radical (unpaired) electrons. The first-order chi connectivity index (χ1) is 25.4. The molecular weight excluding hydrogens is 701 g/mol. The molecule has 12 nitrogen and oxygen atoms in total. The first-order valence-electron chi connectivity index (χ1n) is 17.6. The number of likely N-dealkylation sites (tertiary alicyclic amines) is 1. The summed E-state index contributed by atoms with van der Waals surface area (Å²) in [7, 11) is 0. The second-order valence-corrected chi connectivity index (χ2v) is 15.9. The van der Waals surface area contributed by atoms with Crippen molar-refractivity contribution in [3.63, 3.8) is 0 Å². The van der Waals surface area contributed by atoms with Crippen LogP contribution in [0.25, 0.3) is 21.9 Å². The number of aliphatic hydroxyl groups excluding tert-OH is 1. The van der Waals surface area contributed by atoms with Crippen LogP contribution in [-0.4, -0.2) is 78.3 Å². The van der Waals surface area contributed by atoms with Crippen LogP contribution in [0.1, 0.15) is 41.4 Å². The predicted molar refractivity (Wildman–Crippen MR) is 199 cm³/mol. The normalized spacial score (nSPS) is 25.7. The minimum Gasteiger partial charge on any atom is -0.506 e. The molecule has 3 aromatic heterocycles. The van der Waals surface area contributed by atoms with Gasteiger partial charge in [0.1, 0.15) is 22.8 Å². The number of pyridine rings is 1. The maximum atomic E-state index is 13.8. The third-order valence-corrected chi connectivity index (χ3v) is 12.7. The molecule has 268 valence electrons. The molecule has 4 N–H and O–H groups in total. The first kappa shape index (κ1) is 33.5. The number of aryl methyl sites for hydroxylation is 1. The summed E-state index contributed by atoms with van der Waals surface area (Å²) in [6, 6.07) is 16.6. The van der Waals surface area contributed by atoms with E-state index in [-0.39, 0.29) is 35.4 Å². The molecule has 5 aromatic rings. The van der Waals surface area contributed by atoms with E-state index < -0.39 is 11.7 Å². The van der Waals surface area contributed by atoms with Crippen molar-refractivity contribution in [3.8, 4) is 5.75 Å². The van der Waals surface area contributed by atoms with E-state index in [9.17, 15) is 19.8 Å². The molecule has 3 aliphatic heterocycles. The van der Waals surface area contributed by atoms with Gasteiger partial charge in [0, 0.05) is 68.1 Å². The summed E-state index contributed by atoms with van der Waals surface area (Å²) in [5.74, 6) is 0.00538. The van der Waals surface area contributed by atoms with Gasteiger partial charge in [0.25, 0.3) is 0 Å². The minimum atomic E-state index is -1.12. The fraction of sp³-hybridized carbons (Fsp3) is 0.368. The lowest BCUT2D eigenvalue weighted by Gasteiger charge is -2.48. The number of nitrogens with one attached hydrogen (secondary N) is 2. The van der Waals surface area contributed by atoms with E-state index in [0.29, 0.717) is 35.0 Å². The van der Waals surface area contributed by atoms with Crippen LogP contribution in [0.15, 0.2) is 87.9 Å². The minimum absolute atomic E-state index is 0.0368. The molecule has 2 aromatic carbocycles. The van der Waals surface area contributed by atoms with Crippen LogP contribution in [0.3, 0.4) is 0 Å². The Hall–Kier alpha value is -4.31. The van der Waals surface area contributed by atoms with Crippen LogP contribution in [0.4, 0.5) is 0 Å². The topological polar surface area (TPSA) is 155 Å². The highest BCUT2D eigenvalue weighted by atomic mass is 32.2. The van der Waals surface area contributed by atoms with E-state index in [0.717, 1.165) is 65.9 Å². The highest BCUT2D eigenvalue weighted by molar-refractivity contribution is 8.02. The quantitative estimate of drug-likeness (QED) is 0.132. The van der Waals surface area contributed by atoms with Gasteiger partial charge in [0.15, 0.2) is 0 Å². The number of benzene rings is 2. The summed E-state index contributed by atoms with van der Waals surface area (Å²) in [5.41, 5.74) is 3.16. The Morgan fingerprint density at radius 2 is 2.10 bits per heavy atom. The molecule has 0 spiro atoms. The summed E-state index contributed by atoms with van der Waals surface area (Å²) in [6.45, 7) is 3.43. The zero-order chi connectivity index (χ0) is 35.4. The molecule has 6 atom stereocenters. The molecular formula is C38H38N6O6S2. The molecule has 9 rings (SSSR count). The molecule has 0 amide bonds. The van der Waals surface area contributed by atoms with Crippen molar-refractivity contribution >= 4 is 51.0 Å². The van der Waals surface area contributed by atoms with Gasteiger partial charge < -0.3 is 30.0 Å². The Morgan fingerprint density at radius 3 is 2.92 bits per heavy atom. The van der Waals surface area contributed by atoms with E-state index in [2.05, 4.69) is 25.5 Å². The number of hydrogen-bond acceptors (Lipinski definition) is 12. The van der Waals surface area contributed by atoms with Gasteiger partial charge in [-0.05, 0) is 65.1 Å². The number of phenolic OH excluding ortho intramolecular Hbond substituents is 1. The van der Waals surface area contributed by atoms with Crippen molar-refractivity contribution in [1.82, 2.24) is 30.2 Å². The van der Waals surface area contributed by atoms with Gasteiger partial charge in [-0.2, -0.15) is 0 Å². The molecule has 4 aliphatic rings. The highest BCUT2D eigenvalue weighted by Gasteiger charge is 2.61. The number of phenols is 1. The van der Waals surface area contributed by atoms with Crippen LogP contribution in [0.5, 0.6) is 5.75 Å². The average molecular weight is 739 g/mol. The van der Waals surface area contributed by atoms with E-state index in [1.54, 1.807) is 23.9 Å². The number of aromatic amines is 1. The SMILES string of the molecule is O=C(OC1CC2CC1CN2CCCn1nnc2cc(CNC[C@H](O)c3ccc(O)c4[nH]c(=O)ccc34)ccc21)C1(c2cccs2)OC2SC=CC=C21. The van der Waals surface area contributed by atoms with Crippen LogP contribution < -0.4 is 10.9 Å². The Labute approximate surface area is 307 Å². The second kappa shape index (κ2) is 13.6. The molecule has 52 heavy (non-hydrogen) atoms. The number of thiophene rings is 1. The predicted octanol–water partition coefficient (Wildman–Crippen LogP) is 4.70.